The average Bonchev–Trinajstić information content (AvgIpc) is 2.64. The van der Waals surface area contributed by atoms with Gasteiger partial charge in [-0.25, -0.2) is 0 Å². The summed E-state index contributed by atoms with van der Waals surface area (Å²) in [6.45, 7) is 4.14. The fraction of sp³-hybridized carbons (Fsp3) is 0.350. The van der Waals surface area contributed by atoms with E-state index >= 15 is 0 Å². The zero-order chi connectivity index (χ0) is 17.9. The van der Waals surface area contributed by atoms with E-state index in [0.29, 0.717) is 19.8 Å². The van der Waals surface area contributed by atoms with Crippen LogP contribution in [0.4, 0.5) is 5.69 Å². The largest absolute Gasteiger partial charge is 0.493 e. The molecule has 0 saturated carbocycles. The van der Waals surface area contributed by atoms with Gasteiger partial charge in [-0.15, -0.1) is 0 Å². The summed E-state index contributed by atoms with van der Waals surface area (Å²) >= 11 is 0. The van der Waals surface area contributed by atoms with Crippen molar-refractivity contribution in [3.8, 4) is 5.75 Å². The van der Waals surface area contributed by atoms with Crippen LogP contribution in [0.5, 0.6) is 5.75 Å². The van der Waals surface area contributed by atoms with E-state index in [0.717, 1.165) is 23.8 Å². The van der Waals surface area contributed by atoms with Crippen LogP contribution in [0.3, 0.4) is 0 Å². The normalized spacial score (nSPS) is 11.2. The Balaban J connectivity index is 1.86. The van der Waals surface area contributed by atoms with Crippen LogP contribution in [0.2, 0.25) is 0 Å². The average molecular weight is 341 g/mol. The Morgan fingerprint density at radius 1 is 1.08 bits per heavy atom. The van der Waals surface area contributed by atoms with Gasteiger partial charge in [0.1, 0.15) is 5.75 Å². The van der Waals surface area contributed by atoms with Gasteiger partial charge >= 0.3 is 0 Å². The Kier molecular flexibility index (Phi) is 7.79. The first-order chi connectivity index (χ1) is 12.2. The number of nitrogens with zero attached hydrogens (tertiary/aromatic N) is 1. The summed E-state index contributed by atoms with van der Waals surface area (Å²) in [5.41, 5.74) is 3.40. The fourth-order valence-corrected chi connectivity index (χ4v) is 2.26. The zero-order valence-corrected chi connectivity index (χ0v) is 15.2. The minimum atomic E-state index is 0.637. The van der Waals surface area contributed by atoms with Crippen molar-refractivity contribution in [1.82, 2.24) is 5.32 Å². The van der Waals surface area contributed by atoms with Crippen molar-refractivity contribution in [3.63, 3.8) is 0 Å². The molecule has 0 unspecified atom stereocenters. The minimum absolute atomic E-state index is 0.637. The highest BCUT2D eigenvalue weighted by Crippen LogP contribution is 2.17. The van der Waals surface area contributed by atoms with E-state index in [1.807, 2.05) is 24.3 Å². The second-order valence-corrected chi connectivity index (χ2v) is 5.76. The molecule has 5 nitrogen and oxygen atoms in total. The molecule has 25 heavy (non-hydrogen) atoms. The molecule has 2 aromatic rings. The first-order valence-electron chi connectivity index (χ1n) is 8.46. The van der Waals surface area contributed by atoms with Gasteiger partial charge in [-0.3, -0.25) is 4.99 Å². The highest BCUT2D eigenvalue weighted by atomic mass is 16.5. The Labute approximate surface area is 150 Å². The molecular weight excluding hydrogens is 314 g/mol. The topological polar surface area (TPSA) is 54.9 Å². The molecule has 0 fully saturated rings. The maximum absolute atomic E-state index is 5.72. The minimum Gasteiger partial charge on any atom is -0.493 e. The van der Waals surface area contributed by atoms with Gasteiger partial charge in [0.05, 0.1) is 6.61 Å². The van der Waals surface area contributed by atoms with E-state index in [9.17, 15) is 0 Å². The summed E-state index contributed by atoms with van der Waals surface area (Å²) in [4.78, 5) is 4.27. The number of aryl methyl sites for hydroxylation is 1. The molecule has 0 aliphatic carbocycles. The van der Waals surface area contributed by atoms with Crippen LogP contribution in [0, 0.1) is 6.92 Å². The molecule has 0 amide bonds. The smallest absolute Gasteiger partial charge is 0.195 e. The summed E-state index contributed by atoms with van der Waals surface area (Å²) < 4.78 is 10.7. The maximum Gasteiger partial charge on any atom is 0.195 e. The Hall–Kier alpha value is -2.53. The standard InChI is InChI=1S/C20H27N3O2/c1-16-8-10-17(11-9-16)15-22-20(21-2)23-18-6-4-7-19(14-18)25-13-5-12-24-3/h4,6-11,14H,5,12-13,15H2,1-3H3,(H2,21,22,23). The van der Waals surface area contributed by atoms with Crippen LogP contribution in [-0.2, 0) is 11.3 Å². The van der Waals surface area contributed by atoms with Gasteiger partial charge in [0.15, 0.2) is 5.96 Å². The van der Waals surface area contributed by atoms with Crippen molar-refractivity contribution < 1.29 is 9.47 Å². The van der Waals surface area contributed by atoms with Crippen LogP contribution in [-0.4, -0.2) is 33.3 Å². The first-order valence-corrected chi connectivity index (χ1v) is 8.46. The molecule has 2 N–H and O–H groups in total. The van der Waals surface area contributed by atoms with Crippen molar-refractivity contribution in [3.05, 3.63) is 59.7 Å². The number of nitrogens with one attached hydrogen (secondary N) is 2. The lowest BCUT2D eigenvalue weighted by Gasteiger charge is -2.13. The molecule has 2 rings (SSSR count). The molecule has 134 valence electrons. The lowest BCUT2D eigenvalue weighted by atomic mass is 10.1. The van der Waals surface area contributed by atoms with Gasteiger partial charge in [-0.2, -0.15) is 0 Å². The Bertz CT molecular complexity index is 669. The van der Waals surface area contributed by atoms with Crippen molar-refractivity contribution in [2.45, 2.75) is 19.9 Å². The molecular formula is C20H27N3O2. The summed E-state index contributed by atoms with van der Waals surface area (Å²) in [6, 6.07) is 16.3. The molecule has 0 bridgehead atoms. The SMILES string of the molecule is CN=C(NCc1ccc(C)cc1)Nc1cccc(OCCCOC)c1. The second-order valence-electron chi connectivity index (χ2n) is 5.76. The maximum atomic E-state index is 5.72. The molecule has 0 aromatic heterocycles. The predicted molar refractivity (Wildman–Crippen MR) is 103 cm³/mol. The number of hydrogen-bond acceptors (Lipinski definition) is 3. The van der Waals surface area contributed by atoms with Crippen molar-refractivity contribution in [2.24, 2.45) is 4.99 Å². The highest BCUT2D eigenvalue weighted by Gasteiger charge is 2.02. The summed E-state index contributed by atoms with van der Waals surface area (Å²) in [5.74, 6) is 1.55. The number of methoxy groups -OCH3 is 1. The number of rotatable bonds is 8. The molecule has 2 aromatic carbocycles. The first kappa shape index (κ1) is 18.8. The summed E-state index contributed by atoms with van der Waals surface area (Å²) in [6.07, 6.45) is 0.869. The molecule has 5 heteroatoms. The third kappa shape index (κ3) is 6.85. The molecule has 0 atom stereocenters. The molecule has 0 saturated heterocycles. The van der Waals surface area contributed by atoms with Gasteiger partial charge in [-0.05, 0) is 24.6 Å². The quantitative estimate of drug-likeness (QED) is 0.438. The second kappa shape index (κ2) is 10.4. The number of hydrogen-bond donors (Lipinski definition) is 2. The third-order valence-corrected chi connectivity index (χ3v) is 3.66. The lowest BCUT2D eigenvalue weighted by Crippen LogP contribution is -2.30. The van der Waals surface area contributed by atoms with E-state index in [4.69, 9.17) is 9.47 Å². The van der Waals surface area contributed by atoms with Gasteiger partial charge in [0, 0.05) is 45.5 Å². The monoisotopic (exact) mass is 341 g/mol. The molecule has 0 heterocycles. The molecule has 0 spiro atoms. The van der Waals surface area contributed by atoms with Gasteiger partial charge < -0.3 is 20.1 Å². The van der Waals surface area contributed by atoms with E-state index in [1.54, 1.807) is 14.2 Å². The Morgan fingerprint density at radius 3 is 2.60 bits per heavy atom. The summed E-state index contributed by atoms with van der Waals surface area (Å²) in [5, 5.41) is 6.60. The highest BCUT2D eigenvalue weighted by molar-refractivity contribution is 5.93. The lowest BCUT2D eigenvalue weighted by molar-refractivity contribution is 0.172. The number of guanidine groups is 1. The van der Waals surface area contributed by atoms with E-state index in [1.165, 1.54) is 11.1 Å². The number of aliphatic imine (C=N–C) groups is 1. The van der Waals surface area contributed by atoms with E-state index in [2.05, 4.69) is 46.8 Å². The van der Waals surface area contributed by atoms with E-state index < -0.39 is 0 Å². The third-order valence-electron chi connectivity index (χ3n) is 3.66. The number of ether oxygens (including phenoxy) is 2. The molecule has 0 aliphatic heterocycles. The summed E-state index contributed by atoms with van der Waals surface area (Å²) in [7, 11) is 3.45. The molecule has 0 aliphatic rings. The van der Waals surface area contributed by atoms with Crippen LogP contribution in [0.15, 0.2) is 53.5 Å². The van der Waals surface area contributed by atoms with Gasteiger partial charge in [0.25, 0.3) is 0 Å². The predicted octanol–water partition coefficient (Wildman–Crippen LogP) is 3.60. The zero-order valence-electron chi connectivity index (χ0n) is 15.2. The molecule has 0 radical (unpaired) electrons. The fourth-order valence-electron chi connectivity index (χ4n) is 2.26. The van der Waals surface area contributed by atoms with Crippen molar-refractivity contribution in [1.29, 1.82) is 0 Å². The number of anilines is 1. The van der Waals surface area contributed by atoms with E-state index in [-0.39, 0.29) is 0 Å². The van der Waals surface area contributed by atoms with Gasteiger partial charge in [0.2, 0.25) is 0 Å². The van der Waals surface area contributed by atoms with Crippen LogP contribution in [0.25, 0.3) is 0 Å². The number of benzene rings is 2. The van der Waals surface area contributed by atoms with Crippen LogP contribution >= 0.6 is 0 Å². The van der Waals surface area contributed by atoms with Crippen molar-refractivity contribution >= 4 is 11.6 Å². The van der Waals surface area contributed by atoms with Crippen molar-refractivity contribution in [2.75, 3.05) is 32.7 Å². The Morgan fingerprint density at radius 2 is 1.88 bits per heavy atom. The van der Waals surface area contributed by atoms with Gasteiger partial charge in [-0.1, -0.05) is 35.9 Å². The van der Waals surface area contributed by atoms with Crippen LogP contribution in [0.1, 0.15) is 17.5 Å². The van der Waals surface area contributed by atoms with Crippen LogP contribution < -0.4 is 15.4 Å².